The highest BCUT2D eigenvalue weighted by Gasteiger charge is 2.10. The third-order valence-corrected chi connectivity index (χ3v) is 1.72. The Bertz CT molecular complexity index is 89.1. The second-order valence-corrected chi connectivity index (χ2v) is 3.09. The van der Waals surface area contributed by atoms with Crippen molar-refractivity contribution in [3.63, 3.8) is 0 Å². The zero-order valence-corrected chi connectivity index (χ0v) is 7.80. The van der Waals surface area contributed by atoms with Gasteiger partial charge in [-0.1, -0.05) is 0 Å². The van der Waals surface area contributed by atoms with Gasteiger partial charge in [0.25, 0.3) is 0 Å². The van der Waals surface area contributed by atoms with Gasteiger partial charge in [0.05, 0.1) is 14.2 Å². The number of hydrogen-bond donors (Lipinski definition) is 0. The monoisotopic (exact) mass is 181 g/mol. The van der Waals surface area contributed by atoms with Crippen LogP contribution >= 0.6 is 8.25 Å². The first-order chi connectivity index (χ1) is 5.31. The van der Waals surface area contributed by atoms with Gasteiger partial charge in [-0.2, -0.15) is 0 Å². The zero-order chi connectivity index (χ0) is 8.53. The quantitative estimate of drug-likeness (QED) is 0.608. The fourth-order valence-corrected chi connectivity index (χ4v) is 0.734. The van der Waals surface area contributed by atoms with Gasteiger partial charge in [0, 0.05) is 17.8 Å². The van der Waals surface area contributed by atoms with E-state index >= 15 is 0 Å². The summed E-state index contributed by atoms with van der Waals surface area (Å²) in [7, 11) is 0.817. The van der Waals surface area contributed by atoms with Crippen LogP contribution in [0.1, 0.15) is 12.8 Å². The molecule has 1 fully saturated rings. The second-order valence-electron chi connectivity index (χ2n) is 1.91. The van der Waals surface area contributed by atoms with Crippen LogP contribution in [-0.2, 0) is 18.3 Å². The van der Waals surface area contributed by atoms with Crippen LogP contribution < -0.4 is 0 Å². The van der Waals surface area contributed by atoms with Crippen molar-refractivity contribution in [2.75, 3.05) is 27.4 Å². The maximum absolute atomic E-state index is 9.88. The number of ether oxygens (including phenoxy) is 1. The van der Waals surface area contributed by atoms with E-state index in [1.165, 1.54) is 27.1 Å². The van der Waals surface area contributed by atoms with Gasteiger partial charge in [-0.25, -0.2) is 0 Å². The molecule has 0 saturated carbocycles. The molecule has 0 amide bonds. The summed E-state index contributed by atoms with van der Waals surface area (Å²) in [6, 6.07) is 0. The predicted octanol–water partition coefficient (Wildman–Crippen LogP) is 1.73. The molecule has 0 aromatic carbocycles. The van der Waals surface area contributed by atoms with Crippen molar-refractivity contribution in [1.29, 1.82) is 0 Å². The Morgan fingerprint density at radius 1 is 1.18 bits per heavy atom. The lowest BCUT2D eigenvalue weighted by molar-refractivity contribution is 0.198. The van der Waals surface area contributed by atoms with E-state index in [1.807, 2.05) is 0 Å². The van der Waals surface area contributed by atoms with Gasteiger partial charge in [0.15, 0.2) is 0 Å². The van der Waals surface area contributed by atoms with Crippen molar-refractivity contribution in [3.8, 4) is 0 Å². The molecule has 1 rings (SSSR count). The Balaban J connectivity index is 0.000000183. The summed E-state index contributed by atoms with van der Waals surface area (Å²) in [6.45, 7) is 2.00. The zero-order valence-electron chi connectivity index (χ0n) is 6.91. The molecule has 11 heavy (non-hydrogen) atoms. The fourth-order valence-electron chi connectivity index (χ4n) is 0.585. The molecule has 1 aliphatic rings. The van der Waals surface area contributed by atoms with Crippen LogP contribution in [0.2, 0.25) is 0 Å². The lowest BCUT2D eigenvalue weighted by Crippen LogP contribution is -1.74. The first kappa shape index (κ1) is 11.0. The molecule has 0 aromatic heterocycles. The molecule has 0 radical (unpaired) electrons. The highest BCUT2D eigenvalue weighted by molar-refractivity contribution is 7.33. The van der Waals surface area contributed by atoms with E-state index < -0.39 is 8.25 Å². The van der Waals surface area contributed by atoms with Gasteiger partial charge in [0.2, 0.25) is 0 Å². The fraction of sp³-hybridized carbons (Fsp3) is 1.00. The summed E-state index contributed by atoms with van der Waals surface area (Å²) in [4.78, 5) is 0. The standard InChI is InChI=1S/C4H8O.C2H6O3P/c1-2-4-5-3-1;1-4-6(3)5-2/h1-4H2;1-2H3/q;+1. The lowest BCUT2D eigenvalue weighted by atomic mass is 10.4. The van der Waals surface area contributed by atoms with Crippen LogP contribution in [0.3, 0.4) is 0 Å². The van der Waals surface area contributed by atoms with E-state index in [2.05, 4.69) is 9.05 Å². The van der Waals surface area contributed by atoms with Gasteiger partial charge in [0.1, 0.15) is 0 Å². The van der Waals surface area contributed by atoms with E-state index in [1.54, 1.807) is 0 Å². The van der Waals surface area contributed by atoms with Gasteiger partial charge in [-0.3, -0.25) is 0 Å². The highest BCUT2D eigenvalue weighted by atomic mass is 31.1. The summed E-state index contributed by atoms with van der Waals surface area (Å²) in [5.74, 6) is 0. The van der Waals surface area contributed by atoms with Crippen LogP contribution in [0.25, 0.3) is 0 Å². The third-order valence-electron chi connectivity index (χ3n) is 1.13. The highest BCUT2D eigenvalue weighted by Crippen LogP contribution is 2.18. The van der Waals surface area contributed by atoms with Gasteiger partial charge < -0.3 is 4.74 Å². The summed E-state index contributed by atoms with van der Waals surface area (Å²) in [5.41, 5.74) is 0. The summed E-state index contributed by atoms with van der Waals surface area (Å²) >= 11 is 0. The summed E-state index contributed by atoms with van der Waals surface area (Å²) in [6.07, 6.45) is 2.56. The smallest absolute Gasteiger partial charge is 0.381 e. The minimum absolute atomic E-state index is 1.00. The van der Waals surface area contributed by atoms with Crippen molar-refractivity contribution < 1.29 is 18.3 Å². The van der Waals surface area contributed by atoms with Gasteiger partial charge >= 0.3 is 8.25 Å². The molecular formula is C6H14O4P+. The topological polar surface area (TPSA) is 44.8 Å². The SMILES string of the molecule is C1CCOC1.CO[P+](=O)OC. The molecule has 1 heterocycles. The maximum atomic E-state index is 9.88. The Labute approximate surface area is 67.8 Å². The van der Waals surface area contributed by atoms with Crippen LogP contribution in [-0.4, -0.2) is 27.4 Å². The normalized spacial score (nSPS) is 15.5. The molecule has 0 aromatic rings. The second kappa shape index (κ2) is 8.08. The molecule has 5 heteroatoms. The van der Waals surface area contributed by atoms with Crippen molar-refractivity contribution in [2.24, 2.45) is 0 Å². The molecule has 1 saturated heterocycles. The first-order valence-electron chi connectivity index (χ1n) is 3.44. The minimum Gasteiger partial charge on any atom is -0.381 e. The van der Waals surface area contributed by atoms with Crippen molar-refractivity contribution in [3.05, 3.63) is 0 Å². The molecular weight excluding hydrogens is 167 g/mol. The molecule has 0 unspecified atom stereocenters. The Morgan fingerprint density at radius 3 is 1.73 bits per heavy atom. The molecule has 0 aliphatic carbocycles. The van der Waals surface area contributed by atoms with E-state index in [9.17, 15) is 4.57 Å². The van der Waals surface area contributed by atoms with Crippen LogP contribution in [0.4, 0.5) is 0 Å². The summed E-state index contributed by atoms with van der Waals surface area (Å²) < 4.78 is 23.2. The average Bonchev–Trinajstić information content (AvgIpc) is 2.60. The number of rotatable bonds is 2. The van der Waals surface area contributed by atoms with Crippen molar-refractivity contribution in [1.82, 2.24) is 0 Å². The van der Waals surface area contributed by atoms with E-state index in [4.69, 9.17) is 4.74 Å². The maximum Gasteiger partial charge on any atom is 0.696 e. The van der Waals surface area contributed by atoms with Gasteiger partial charge in [-0.15, -0.1) is 9.05 Å². The molecule has 0 N–H and O–H groups in total. The predicted molar refractivity (Wildman–Crippen MR) is 41.7 cm³/mol. The van der Waals surface area contributed by atoms with Crippen LogP contribution in [0.5, 0.6) is 0 Å². The van der Waals surface area contributed by atoms with E-state index in [0.717, 1.165) is 13.2 Å². The lowest BCUT2D eigenvalue weighted by Gasteiger charge is -1.76. The molecule has 0 spiro atoms. The molecule has 0 atom stereocenters. The average molecular weight is 181 g/mol. The third kappa shape index (κ3) is 7.88. The van der Waals surface area contributed by atoms with Crippen LogP contribution in [0, 0.1) is 0 Å². The van der Waals surface area contributed by atoms with Crippen molar-refractivity contribution >= 4 is 8.25 Å². The molecule has 4 nitrogen and oxygen atoms in total. The first-order valence-corrected chi connectivity index (χ1v) is 4.54. The van der Waals surface area contributed by atoms with E-state index in [0.29, 0.717) is 0 Å². The molecule has 1 aliphatic heterocycles. The number of hydrogen-bond acceptors (Lipinski definition) is 4. The Morgan fingerprint density at radius 2 is 1.64 bits per heavy atom. The largest absolute Gasteiger partial charge is 0.696 e. The van der Waals surface area contributed by atoms with E-state index in [-0.39, 0.29) is 0 Å². The molecule has 0 bridgehead atoms. The van der Waals surface area contributed by atoms with Gasteiger partial charge in [-0.05, 0) is 12.8 Å². The molecule has 66 valence electrons. The Hall–Kier alpha value is -0.0200. The summed E-state index contributed by atoms with van der Waals surface area (Å²) in [5, 5.41) is 0. The minimum atomic E-state index is -1.83. The van der Waals surface area contributed by atoms with Crippen molar-refractivity contribution in [2.45, 2.75) is 12.8 Å². The van der Waals surface area contributed by atoms with Crippen LogP contribution in [0.15, 0.2) is 0 Å². The Kier molecular flexibility index (Phi) is 8.07.